The summed E-state index contributed by atoms with van der Waals surface area (Å²) in [5.74, 6) is -0.104. The molecule has 1 rings (SSSR count). The topological polar surface area (TPSA) is 96.0 Å². The van der Waals surface area contributed by atoms with Gasteiger partial charge in [-0.3, -0.25) is 15.6 Å². The Bertz CT molecular complexity index is 393. The molecule has 0 aliphatic carbocycles. The number of nitrogens with two attached hydrogens (primary N) is 1. The van der Waals surface area contributed by atoms with E-state index in [4.69, 9.17) is 16.0 Å². The zero-order valence-electron chi connectivity index (χ0n) is 9.68. The molecule has 0 bridgehead atoms. The minimum atomic E-state index is -0.265. The van der Waals surface area contributed by atoms with E-state index in [2.05, 4.69) is 15.3 Å². The predicted molar refractivity (Wildman–Crippen MR) is 65.4 cm³/mol. The highest BCUT2D eigenvalue weighted by atomic mass is 16.7. The molecule has 0 amide bonds. The summed E-state index contributed by atoms with van der Waals surface area (Å²) in [6, 6.07) is 9.20. The second-order valence-corrected chi connectivity index (χ2v) is 2.95. The zero-order chi connectivity index (χ0) is 12.7. The van der Waals surface area contributed by atoms with Gasteiger partial charge in [-0.1, -0.05) is 18.2 Å². The molecule has 0 spiro atoms. The molecule has 0 unspecified atom stereocenters. The van der Waals surface area contributed by atoms with Gasteiger partial charge in [0.05, 0.1) is 12.8 Å². The van der Waals surface area contributed by atoms with Gasteiger partial charge in [-0.05, 0) is 17.3 Å². The Balaban J connectivity index is 2.98. The van der Waals surface area contributed by atoms with Crippen LogP contribution in [0.2, 0.25) is 0 Å². The molecule has 0 saturated heterocycles. The van der Waals surface area contributed by atoms with Gasteiger partial charge in [-0.25, -0.2) is 0 Å². The van der Waals surface area contributed by atoms with Crippen molar-refractivity contribution in [2.75, 3.05) is 19.3 Å². The van der Waals surface area contributed by atoms with Crippen LogP contribution in [-0.2, 0) is 9.68 Å². The molecular formula is C10H15N5O2. The normalized spacial score (nSPS) is 10.8. The van der Waals surface area contributed by atoms with Gasteiger partial charge in [0, 0.05) is 0 Å². The Hall–Kier alpha value is -2.28. The maximum Gasteiger partial charge on any atom is 0.271 e. The summed E-state index contributed by atoms with van der Waals surface area (Å²) in [5.41, 5.74) is 5.97. The molecule has 0 aliphatic heterocycles. The number of guanidine groups is 2. The number of oxime groups is 1. The lowest BCUT2D eigenvalue weighted by molar-refractivity contribution is 0.184. The van der Waals surface area contributed by atoms with Gasteiger partial charge in [0.1, 0.15) is 7.11 Å². The number of hydroxylamine groups is 1. The molecule has 0 heterocycles. The molecular weight excluding hydrogens is 222 g/mol. The highest BCUT2D eigenvalue weighted by Crippen LogP contribution is 2.13. The summed E-state index contributed by atoms with van der Waals surface area (Å²) in [6.07, 6.45) is 0. The molecule has 4 N–H and O–H groups in total. The highest BCUT2D eigenvalue weighted by molar-refractivity contribution is 6.03. The third-order valence-corrected chi connectivity index (χ3v) is 1.79. The lowest BCUT2D eigenvalue weighted by Gasteiger charge is -2.22. The molecule has 0 fully saturated rings. The van der Waals surface area contributed by atoms with Crippen molar-refractivity contribution in [2.45, 2.75) is 0 Å². The minimum absolute atomic E-state index is 0.161. The number of nitrogens with one attached hydrogen (secondary N) is 2. The van der Waals surface area contributed by atoms with Gasteiger partial charge in [-0.15, -0.1) is 0 Å². The fourth-order valence-corrected chi connectivity index (χ4v) is 1.20. The quantitative estimate of drug-likeness (QED) is 0.403. The summed E-state index contributed by atoms with van der Waals surface area (Å²) in [7, 11) is 2.86. The lowest BCUT2D eigenvalue weighted by Crippen LogP contribution is -2.46. The first-order valence-corrected chi connectivity index (χ1v) is 4.80. The van der Waals surface area contributed by atoms with Gasteiger partial charge in [0.15, 0.2) is 5.96 Å². The number of anilines is 1. The first kappa shape index (κ1) is 12.8. The van der Waals surface area contributed by atoms with Crippen molar-refractivity contribution in [3.05, 3.63) is 30.3 Å². The summed E-state index contributed by atoms with van der Waals surface area (Å²) < 4.78 is 0. The molecule has 7 heteroatoms. The standard InChI is InChI=1S/C10H15N5O2/c1-16-14-10(13-9(11)12)15(17-2)8-6-4-3-5-7-8/h3-7H,1-2H3,(H4,11,12,13,14). The van der Waals surface area contributed by atoms with Crippen LogP contribution in [0.15, 0.2) is 35.5 Å². The Kier molecular flexibility index (Phi) is 4.77. The molecule has 0 radical (unpaired) electrons. The number of para-hydroxylation sites is 1. The average Bonchev–Trinajstić information content (AvgIpc) is 2.31. The summed E-state index contributed by atoms with van der Waals surface area (Å²) in [6.45, 7) is 0. The summed E-state index contributed by atoms with van der Waals surface area (Å²) in [5, 5.41) is 14.7. The van der Waals surface area contributed by atoms with Gasteiger partial charge in [-0.2, -0.15) is 5.06 Å². The Morgan fingerprint density at radius 1 is 1.35 bits per heavy atom. The van der Waals surface area contributed by atoms with E-state index in [0.717, 1.165) is 5.69 Å². The van der Waals surface area contributed by atoms with Crippen LogP contribution in [0.1, 0.15) is 0 Å². The van der Waals surface area contributed by atoms with Crippen LogP contribution in [-0.4, -0.2) is 26.1 Å². The molecule has 1 aromatic carbocycles. The smallest absolute Gasteiger partial charge is 0.271 e. The van der Waals surface area contributed by atoms with Crippen molar-refractivity contribution in [3.63, 3.8) is 0 Å². The second kappa shape index (κ2) is 6.33. The Morgan fingerprint density at radius 3 is 2.47 bits per heavy atom. The third-order valence-electron chi connectivity index (χ3n) is 1.79. The highest BCUT2D eigenvalue weighted by Gasteiger charge is 2.14. The fraction of sp³-hybridized carbons (Fsp3) is 0.200. The first-order chi connectivity index (χ1) is 8.19. The molecule has 0 atom stereocenters. The van der Waals surface area contributed by atoms with Crippen LogP contribution in [0.4, 0.5) is 5.69 Å². The van der Waals surface area contributed by atoms with E-state index in [1.54, 1.807) is 0 Å². The van der Waals surface area contributed by atoms with Crippen molar-refractivity contribution in [2.24, 2.45) is 10.9 Å². The van der Waals surface area contributed by atoms with E-state index in [0.29, 0.717) is 0 Å². The summed E-state index contributed by atoms with van der Waals surface area (Å²) >= 11 is 0. The Labute approximate surface area is 99.3 Å². The maximum absolute atomic E-state index is 7.18. The van der Waals surface area contributed by atoms with Crippen LogP contribution < -0.4 is 16.1 Å². The number of benzene rings is 1. The van der Waals surface area contributed by atoms with Gasteiger partial charge in [0.2, 0.25) is 0 Å². The van der Waals surface area contributed by atoms with Crippen molar-refractivity contribution in [1.29, 1.82) is 5.41 Å². The fourth-order valence-electron chi connectivity index (χ4n) is 1.20. The van der Waals surface area contributed by atoms with Gasteiger partial charge in [0.25, 0.3) is 5.96 Å². The maximum atomic E-state index is 7.18. The lowest BCUT2D eigenvalue weighted by atomic mass is 10.3. The summed E-state index contributed by atoms with van der Waals surface area (Å²) in [4.78, 5) is 9.82. The SMILES string of the molecule is CON=C(NC(=N)N)N(OC)c1ccccc1. The Morgan fingerprint density at radius 2 is 2.00 bits per heavy atom. The number of hydrogen-bond acceptors (Lipinski definition) is 4. The van der Waals surface area contributed by atoms with Crippen LogP contribution >= 0.6 is 0 Å². The van der Waals surface area contributed by atoms with Crippen LogP contribution in [0.5, 0.6) is 0 Å². The average molecular weight is 237 g/mol. The van der Waals surface area contributed by atoms with E-state index in [1.807, 2.05) is 30.3 Å². The van der Waals surface area contributed by atoms with Gasteiger partial charge < -0.3 is 10.6 Å². The van der Waals surface area contributed by atoms with Crippen LogP contribution in [0.25, 0.3) is 0 Å². The molecule has 17 heavy (non-hydrogen) atoms. The van der Waals surface area contributed by atoms with E-state index in [-0.39, 0.29) is 11.9 Å². The zero-order valence-corrected chi connectivity index (χ0v) is 9.68. The molecule has 92 valence electrons. The van der Waals surface area contributed by atoms with E-state index >= 15 is 0 Å². The van der Waals surface area contributed by atoms with E-state index in [9.17, 15) is 0 Å². The van der Waals surface area contributed by atoms with Gasteiger partial charge >= 0.3 is 0 Å². The molecule has 0 saturated carbocycles. The largest absolute Gasteiger partial charge is 0.396 e. The molecule has 7 nitrogen and oxygen atoms in total. The van der Waals surface area contributed by atoms with Crippen LogP contribution in [0.3, 0.4) is 0 Å². The predicted octanol–water partition coefficient (Wildman–Crippen LogP) is 0.455. The number of nitrogens with zero attached hydrogens (tertiary/aromatic N) is 2. The monoisotopic (exact) mass is 237 g/mol. The first-order valence-electron chi connectivity index (χ1n) is 4.80. The number of hydrogen-bond donors (Lipinski definition) is 3. The minimum Gasteiger partial charge on any atom is -0.396 e. The van der Waals surface area contributed by atoms with E-state index < -0.39 is 0 Å². The third kappa shape index (κ3) is 3.65. The van der Waals surface area contributed by atoms with E-state index in [1.165, 1.54) is 19.3 Å². The molecule has 0 aliphatic rings. The van der Waals surface area contributed by atoms with Crippen molar-refractivity contribution >= 4 is 17.6 Å². The number of rotatable bonds is 3. The molecule has 1 aromatic rings. The molecule has 0 aromatic heterocycles. The van der Waals surface area contributed by atoms with Crippen molar-refractivity contribution in [3.8, 4) is 0 Å². The second-order valence-electron chi connectivity index (χ2n) is 2.95. The van der Waals surface area contributed by atoms with Crippen molar-refractivity contribution in [1.82, 2.24) is 5.32 Å². The van der Waals surface area contributed by atoms with Crippen LogP contribution in [0, 0.1) is 5.41 Å². The van der Waals surface area contributed by atoms with Crippen molar-refractivity contribution < 1.29 is 9.68 Å².